The number of nitrogens with zero attached hydrogens (tertiary/aromatic N) is 1. The van der Waals surface area contributed by atoms with Gasteiger partial charge in [0, 0.05) is 12.3 Å². The van der Waals surface area contributed by atoms with E-state index in [1.807, 2.05) is 0 Å². The van der Waals surface area contributed by atoms with Gasteiger partial charge in [0.1, 0.15) is 12.3 Å². The Morgan fingerprint density at radius 3 is 2.57 bits per heavy atom. The topological polar surface area (TPSA) is 98.3 Å². The van der Waals surface area contributed by atoms with Crippen LogP contribution < -0.4 is 5.56 Å². The van der Waals surface area contributed by atoms with E-state index in [-0.39, 0.29) is 13.2 Å². The lowest BCUT2D eigenvalue weighted by Crippen LogP contribution is -2.17. The maximum Gasteiger partial charge on any atom is 0.338 e. The summed E-state index contributed by atoms with van der Waals surface area (Å²) in [6.07, 6.45) is 0. The number of esters is 2. The molecule has 1 aromatic carbocycles. The largest absolute Gasteiger partial charge is 0.462 e. The summed E-state index contributed by atoms with van der Waals surface area (Å²) in [5, 5.41) is 7.21. The fraction of sp³-hybridized carbons (Fsp3) is 0.375. The molecular formula is C16H18N2O5. The summed E-state index contributed by atoms with van der Waals surface area (Å²) in [6.45, 7) is 6.66. The normalized spacial score (nSPS) is 10.6. The number of aryl methyl sites for hydroxylation is 2. The second-order valence-corrected chi connectivity index (χ2v) is 5.12. The van der Waals surface area contributed by atoms with Crippen LogP contribution in [0.5, 0.6) is 0 Å². The van der Waals surface area contributed by atoms with Crippen LogP contribution >= 0.6 is 0 Å². The smallest absolute Gasteiger partial charge is 0.338 e. The summed E-state index contributed by atoms with van der Waals surface area (Å²) in [5.41, 5.74) is 1.58. The second kappa shape index (κ2) is 6.60. The van der Waals surface area contributed by atoms with Crippen molar-refractivity contribution in [1.82, 2.24) is 10.2 Å². The number of hydrogen-bond acceptors (Lipinski definition) is 6. The van der Waals surface area contributed by atoms with Crippen LogP contribution in [0.1, 0.15) is 41.0 Å². The number of carbonyl (C=O) groups is 2. The van der Waals surface area contributed by atoms with Crippen molar-refractivity contribution in [2.45, 2.75) is 34.3 Å². The van der Waals surface area contributed by atoms with Crippen LogP contribution in [0.2, 0.25) is 0 Å². The minimum absolute atomic E-state index is 0.0553. The first kappa shape index (κ1) is 16.7. The monoisotopic (exact) mass is 318 g/mol. The SMILES string of the molecule is CCOC(=O)c1c(C)cc2c(COC(C)=O)n[nH]c(=O)c2c1C. The third-order valence-corrected chi connectivity index (χ3v) is 3.50. The van der Waals surface area contributed by atoms with E-state index in [0.29, 0.717) is 33.2 Å². The summed E-state index contributed by atoms with van der Waals surface area (Å²) >= 11 is 0. The molecule has 0 atom stereocenters. The number of nitrogens with one attached hydrogen (secondary N) is 1. The summed E-state index contributed by atoms with van der Waals surface area (Å²) in [7, 11) is 0. The maximum atomic E-state index is 12.2. The first-order valence-electron chi connectivity index (χ1n) is 7.18. The van der Waals surface area contributed by atoms with Crippen molar-refractivity contribution in [3.05, 3.63) is 38.8 Å². The molecule has 0 unspecified atom stereocenters. The molecule has 0 bridgehead atoms. The van der Waals surface area contributed by atoms with E-state index in [2.05, 4.69) is 10.2 Å². The molecule has 2 aromatic rings. The lowest BCUT2D eigenvalue weighted by molar-refractivity contribution is -0.142. The van der Waals surface area contributed by atoms with E-state index >= 15 is 0 Å². The molecule has 0 saturated heterocycles. The number of carbonyl (C=O) groups excluding carboxylic acids is 2. The van der Waals surface area contributed by atoms with E-state index in [1.54, 1.807) is 26.8 Å². The quantitative estimate of drug-likeness (QED) is 0.863. The summed E-state index contributed by atoms with van der Waals surface area (Å²) in [6, 6.07) is 1.69. The Morgan fingerprint density at radius 1 is 1.26 bits per heavy atom. The zero-order valence-electron chi connectivity index (χ0n) is 13.5. The van der Waals surface area contributed by atoms with Crippen molar-refractivity contribution in [3.63, 3.8) is 0 Å². The molecule has 7 heteroatoms. The van der Waals surface area contributed by atoms with Gasteiger partial charge in [-0.2, -0.15) is 5.10 Å². The van der Waals surface area contributed by atoms with E-state index in [9.17, 15) is 14.4 Å². The Balaban J connectivity index is 2.70. The van der Waals surface area contributed by atoms with Crippen LogP contribution in [0.4, 0.5) is 0 Å². The lowest BCUT2D eigenvalue weighted by Gasteiger charge is -2.13. The number of hydrogen-bond donors (Lipinski definition) is 1. The van der Waals surface area contributed by atoms with E-state index in [1.165, 1.54) is 6.92 Å². The molecule has 0 aliphatic rings. The van der Waals surface area contributed by atoms with Crippen LogP contribution in [-0.4, -0.2) is 28.7 Å². The van der Waals surface area contributed by atoms with Gasteiger partial charge in [0.15, 0.2) is 0 Å². The van der Waals surface area contributed by atoms with Gasteiger partial charge >= 0.3 is 11.9 Å². The molecule has 0 fully saturated rings. The zero-order valence-corrected chi connectivity index (χ0v) is 13.5. The molecule has 0 amide bonds. The Bertz CT molecular complexity index is 838. The average Bonchev–Trinajstić information content (AvgIpc) is 2.46. The maximum absolute atomic E-state index is 12.2. The van der Waals surface area contributed by atoms with Crippen LogP contribution in [0.3, 0.4) is 0 Å². The molecule has 7 nitrogen and oxygen atoms in total. The van der Waals surface area contributed by atoms with Gasteiger partial charge in [-0.05, 0) is 38.0 Å². The molecule has 0 radical (unpaired) electrons. The first-order chi connectivity index (χ1) is 10.9. The van der Waals surface area contributed by atoms with Crippen LogP contribution in [0.15, 0.2) is 10.9 Å². The summed E-state index contributed by atoms with van der Waals surface area (Å²) in [4.78, 5) is 35.3. The number of aromatic nitrogens is 2. The minimum atomic E-state index is -0.470. The standard InChI is InChI=1S/C16H18N2O5/c1-5-22-16(21)13-8(2)6-11-12(7-23-10(4)19)17-18-15(20)14(11)9(13)3/h6H,5,7H2,1-4H3,(H,18,20). The van der Waals surface area contributed by atoms with Gasteiger partial charge in [0.05, 0.1) is 17.6 Å². The first-order valence-corrected chi connectivity index (χ1v) is 7.18. The molecule has 0 saturated carbocycles. The lowest BCUT2D eigenvalue weighted by atomic mass is 9.96. The number of fused-ring (bicyclic) bond motifs is 1. The highest BCUT2D eigenvalue weighted by molar-refractivity contribution is 6.00. The molecule has 1 heterocycles. The fourth-order valence-electron chi connectivity index (χ4n) is 2.54. The molecule has 1 N–H and O–H groups in total. The zero-order chi connectivity index (χ0) is 17.1. The van der Waals surface area contributed by atoms with Crippen molar-refractivity contribution in [1.29, 1.82) is 0 Å². The minimum Gasteiger partial charge on any atom is -0.462 e. The number of H-pyrrole nitrogens is 1. The van der Waals surface area contributed by atoms with Crippen LogP contribution in [0, 0.1) is 13.8 Å². The molecule has 0 spiro atoms. The highest BCUT2D eigenvalue weighted by Gasteiger charge is 2.20. The van der Waals surface area contributed by atoms with Crippen LogP contribution in [0.25, 0.3) is 10.8 Å². The summed E-state index contributed by atoms with van der Waals surface area (Å²) < 4.78 is 10.0. The average molecular weight is 318 g/mol. The van der Waals surface area contributed by atoms with E-state index in [0.717, 1.165) is 0 Å². The predicted molar refractivity (Wildman–Crippen MR) is 83.3 cm³/mol. The van der Waals surface area contributed by atoms with Gasteiger partial charge in [-0.15, -0.1) is 0 Å². The van der Waals surface area contributed by atoms with E-state index in [4.69, 9.17) is 9.47 Å². The fourth-order valence-corrected chi connectivity index (χ4v) is 2.54. The molecule has 23 heavy (non-hydrogen) atoms. The molecular weight excluding hydrogens is 300 g/mol. The summed E-state index contributed by atoms with van der Waals surface area (Å²) in [5.74, 6) is -0.912. The second-order valence-electron chi connectivity index (χ2n) is 5.12. The molecule has 122 valence electrons. The number of benzene rings is 1. The Kier molecular flexibility index (Phi) is 4.78. The Hall–Kier alpha value is -2.70. The van der Waals surface area contributed by atoms with Crippen molar-refractivity contribution in [2.75, 3.05) is 6.61 Å². The third kappa shape index (κ3) is 3.23. The highest BCUT2D eigenvalue weighted by atomic mass is 16.5. The van der Waals surface area contributed by atoms with Crippen LogP contribution in [-0.2, 0) is 20.9 Å². The van der Waals surface area contributed by atoms with E-state index < -0.39 is 17.5 Å². The Morgan fingerprint density at radius 2 is 1.96 bits per heavy atom. The highest BCUT2D eigenvalue weighted by Crippen LogP contribution is 2.25. The van der Waals surface area contributed by atoms with Gasteiger partial charge in [-0.25, -0.2) is 9.89 Å². The molecule has 0 aliphatic carbocycles. The number of rotatable bonds is 4. The van der Waals surface area contributed by atoms with Gasteiger partial charge in [-0.3, -0.25) is 9.59 Å². The number of ether oxygens (including phenoxy) is 2. The third-order valence-electron chi connectivity index (χ3n) is 3.50. The van der Waals surface area contributed by atoms with Gasteiger partial charge in [0.25, 0.3) is 5.56 Å². The van der Waals surface area contributed by atoms with Crippen molar-refractivity contribution in [3.8, 4) is 0 Å². The van der Waals surface area contributed by atoms with Gasteiger partial charge in [0.2, 0.25) is 0 Å². The van der Waals surface area contributed by atoms with Gasteiger partial charge in [-0.1, -0.05) is 0 Å². The van der Waals surface area contributed by atoms with Crippen molar-refractivity contribution >= 4 is 22.7 Å². The molecule has 1 aromatic heterocycles. The molecule has 2 rings (SSSR count). The molecule has 0 aliphatic heterocycles. The number of aromatic amines is 1. The Labute approximate surface area is 132 Å². The van der Waals surface area contributed by atoms with Crippen molar-refractivity contribution < 1.29 is 19.1 Å². The van der Waals surface area contributed by atoms with Crippen molar-refractivity contribution in [2.24, 2.45) is 0 Å². The predicted octanol–water partition coefficient (Wildman–Crippen LogP) is 1.78. The van der Waals surface area contributed by atoms with Gasteiger partial charge < -0.3 is 9.47 Å².